The summed E-state index contributed by atoms with van der Waals surface area (Å²) in [5, 5.41) is 0. The van der Waals surface area contributed by atoms with E-state index < -0.39 is 0 Å². The van der Waals surface area contributed by atoms with Gasteiger partial charge in [-0.1, -0.05) is 12.1 Å². The highest BCUT2D eigenvalue weighted by Crippen LogP contribution is 2.30. The first-order chi connectivity index (χ1) is 12.1. The first-order valence-electron chi connectivity index (χ1n) is 8.72. The lowest BCUT2D eigenvalue weighted by atomic mass is 10.2. The molecule has 3 aromatic rings. The second-order valence-electron chi connectivity index (χ2n) is 6.73. The number of hydrogen-bond acceptors (Lipinski definition) is 6. The lowest BCUT2D eigenvalue weighted by molar-refractivity contribution is 0.209. The molecule has 0 aliphatic carbocycles. The fraction of sp³-hybridized carbons (Fsp3) is 0.368. The summed E-state index contributed by atoms with van der Waals surface area (Å²) in [6, 6.07) is 10.3. The Hall–Kier alpha value is -2.60. The van der Waals surface area contributed by atoms with E-state index in [-0.39, 0.29) is 0 Å². The Morgan fingerprint density at radius 2 is 1.88 bits per heavy atom. The number of anilines is 2. The molecule has 0 atom stereocenters. The standard InChI is InChI=1S/C19H23N5O/c1-13(2)23-7-9-24(10-8-23)14-11-15(18(20)21-12-14)19-22-16-5-3-4-6-17(16)25-19/h3-6,11-13H,7-10H2,1-2H3,(H2,20,21). The molecule has 1 aromatic carbocycles. The number of pyridine rings is 1. The largest absolute Gasteiger partial charge is 0.436 e. The molecule has 0 unspecified atom stereocenters. The van der Waals surface area contributed by atoms with Gasteiger partial charge in [-0.15, -0.1) is 0 Å². The Morgan fingerprint density at radius 1 is 1.12 bits per heavy atom. The molecule has 0 spiro atoms. The van der Waals surface area contributed by atoms with Crippen molar-refractivity contribution in [3.8, 4) is 11.5 Å². The number of rotatable bonds is 3. The predicted molar refractivity (Wildman–Crippen MR) is 101 cm³/mol. The van der Waals surface area contributed by atoms with Gasteiger partial charge in [0.2, 0.25) is 5.89 Å². The molecular formula is C19H23N5O. The van der Waals surface area contributed by atoms with Gasteiger partial charge in [0.25, 0.3) is 0 Å². The molecule has 0 amide bonds. The highest BCUT2D eigenvalue weighted by molar-refractivity contribution is 5.79. The minimum absolute atomic E-state index is 0.441. The van der Waals surface area contributed by atoms with Crippen LogP contribution in [0, 0.1) is 0 Å². The van der Waals surface area contributed by atoms with Crippen LogP contribution in [0.25, 0.3) is 22.6 Å². The van der Waals surface area contributed by atoms with Crippen LogP contribution in [-0.2, 0) is 0 Å². The lowest BCUT2D eigenvalue weighted by Gasteiger charge is -2.38. The number of para-hydroxylation sites is 2. The summed E-state index contributed by atoms with van der Waals surface area (Å²) in [6.45, 7) is 8.56. The van der Waals surface area contributed by atoms with Crippen LogP contribution in [0.2, 0.25) is 0 Å². The van der Waals surface area contributed by atoms with Crippen LogP contribution in [0.3, 0.4) is 0 Å². The smallest absolute Gasteiger partial charge is 0.231 e. The van der Waals surface area contributed by atoms with Crippen LogP contribution < -0.4 is 10.6 Å². The molecule has 1 aliphatic heterocycles. The number of hydrogen-bond donors (Lipinski definition) is 1. The Labute approximate surface area is 147 Å². The molecule has 2 aromatic heterocycles. The van der Waals surface area contributed by atoms with E-state index in [4.69, 9.17) is 10.2 Å². The Balaban J connectivity index is 1.63. The molecule has 130 valence electrons. The van der Waals surface area contributed by atoms with Gasteiger partial charge in [-0.2, -0.15) is 0 Å². The lowest BCUT2D eigenvalue weighted by Crippen LogP contribution is -2.48. The van der Waals surface area contributed by atoms with Crippen molar-refractivity contribution in [3.63, 3.8) is 0 Å². The molecule has 3 heterocycles. The highest BCUT2D eigenvalue weighted by atomic mass is 16.3. The number of piperazine rings is 1. The van der Waals surface area contributed by atoms with Crippen LogP contribution in [0.15, 0.2) is 40.9 Å². The molecule has 2 N–H and O–H groups in total. The topological polar surface area (TPSA) is 71.4 Å². The Morgan fingerprint density at radius 3 is 2.60 bits per heavy atom. The van der Waals surface area contributed by atoms with Crippen LogP contribution in [0.4, 0.5) is 11.5 Å². The molecule has 1 aliphatic rings. The molecule has 0 radical (unpaired) electrons. The summed E-state index contributed by atoms with van der Waals surface area (Å²) in [6.07, 6.45) is 1.84. The van der Waals surface area contributed by atoms with Crippen LogP contribution in [-0.4, -0.2) is 47.1 Å². The van der Waals surface area contributed by atoms with E-state index in [9.17, 15) is 0 Å². The summed E-state index contributed by atoms with van der Waals surface area (Å²) in [4.78, 5) is 13.8. The Bertz CT molecular complexity index is 847. The zero-order valence-electron chi connectivity index (χ0n) is 14.6. The van der Waals surface area contributed by atoms with Crippen molar-refractivity contribution in [2.45, 2.75) is 19.9 Å². The quantitative estimate of drug-likeness (QED) is 0.792. The van der Waals surface area contributed by atoms with Gasteiger partial charge in [0.05, 0.1) is 17.4 Å². The molecule has 6 heteroatoms. The van der Waals surface area contributed by atoms with Crippen molar-refractivity contribution in [1.82, 2.24) is 14.9 Å². The molecular weight excluding hydrogens is 314 g/mol. The maximum atomic E-state index is 6.10. The third-order valence-electron chi connectivity index (χ3n) is 4.84. The molecule has 0 bridgehead atoms. The van der Waals surface area contributed by atoms with E-state index >= 15 is 0 Å². The molecule has 25 heavy (non-hydrogen) atoms. The van der Waals surface area contributed by atoms with Crippen molar-refractivity contribution < 1.29 is 4.42 Å². The van der Waals surface area contributed by atoms with Crippen molar-refractivity contribution in [1.29, 1.82) is 0 Å². The second kappa shape index (κ2) is 6.37. The van der Waals surface area contributed by atoms with Gasteiger partial charge >= 0.3 is 0 Å². The molecule has 0 saturated carbocycles. The number of fused-ring (bicyclic) bond motifs is 1. The van der Waals surface area contributed by atoms with E-state index in [0.717, 1.165) is 48.5 Å². The summed E-state index contributed by atoms with van der Waals surface area (Å²) in [7, 11) is 0. The number of nitrogens with zero attached hydrogens (tertiary/aromatic N) is 4. The van der Waals surface area contributed by atoms with Gasteiger partial charge in [0.1, 0.15) is 11.3 Å². The minimum atomic E-state index is 0.441. The van der Waals surface area contributed by atoms with Crippen LogP contribution >= 0.6 is 0 Å². The first-order valence-corrected chi connectivity index (χ1v) is 8.72. The predicted octanol–water partition coefficient (Wildman–Crippen LogP) is 3.00. The van der Waals surface area contributed by atoms with Gasteiger partial charge in [-0.3, -0.25) is 4.90 Å². The van der Waals surface area contributed by atoms with Gasteiger partial charge in [0, 0.05) is 32.2 Å². The fourth-order valence-electron chi connectivity index (χ4n) is 3.29. The summed E-state index contributed by atoms with van der Waals surface area (Å²) in [5.41, 5.74) is 9.50. The normalized spacial score (nSPS) is 16.0. The van der Waals surface area contributed by atoms with Gasteiger partial charge in [-0.05, 0) is 32.0 Å². The van der Waals surface area contributed by atoms with Crippen molar-refractivity contribution >= 4 is 22.6 Å². The monoisotopic (exact) mass is 337 g/mol. The fourth-order valence-corrected chi connectivity index (χ4v) is 3.29. The molecule has 6 nitrogen and oxygen atoms in total. The van der Waals surface area contributed by atoms with E-state index in [1.54, 1.807) is 0 Å². The van der Waals surface area contributed by atoms with E-state index in [1.165, 1.54) is 0 Å². The van der Waals surface area contributed by atoms with Crippen molar-refractivity contribution in [2.24, 2.45) is 0 Å². The maximum Gasteiger partial charge on any atom is 0.231 e. The summed E-state index contributed by atoms with van der Waals surface area (Å²) < 4.78 is 5.87. The highest BCUT2D eigenvalue weighted by Gasteiger charge is 2.21. The maximum absolute atomic E-state index is 6.10. The molecule has 1 fully saturated rings. The van der Waals surface area contributed by atoms with Gasteiger partial charge < -0.3 is 15.1 Å². The van der Waals surface area contributed by atoms with Crippen molar-refractivity contribution in [3.05, 3.63) is 36.5 Å². The SMILES string of the molecule is CC(C)N1CCN(c2cnc(N)c(-c3nc4ccccc4o3)c2)CC1. The van der Waals surface area contributed by atoms with E-state index in [2.05, 4.69) is 33.6 Å². The molecule has 4 rings (SSSR count). The zero-order chi connectivity index (χ0) is 17.4. The Kier molecular flexibility index (Phi) is 4.05. The summed E-state index contributed by atoms with van der Waals surface area (Å²) >= 11 is 0. The zero-order valence-corrected chi connectivity index (χ0v) is 14.6. The minimum Gasteiger partial charge on any atom is -0.436 e. The summed E-state index contributed by atoms with van der Waals surface area (Å²) in [5.74, 6) is 0.963. The van der Waals surface area contributed by atoms with E-state index in [1.807, 2.05) is 36.5 Å². The van der Waals surface area contributed by atoms with Crippen LogP contribution in [0.5, 0.6) is 0 Å². The van der Waals surface area contributed by atoms with E-state index in [0.29, 0.717) is 17.8 Å². The number of nitrogen functional groups attached to an aromatic ring is 1. The number of aromatic nitrogens is 2. The second-order valence-corrected chi connectivity index (χ2v) is 6.73. The number of nitrogens with two attached hydrogens (primary N) is 1. The molecule has 1 saturated heterocycles. The third kappa shape index (κ3) is 3.05. The third-order valence-corrected chi connectivity index (χ3v) is 4.84. The first kappa shape index (κ1) is 15.9. The van der Waals surface area contributed by atoms with Gasteiger partial charge in [-0.25, -0.2) is 9.97 Å². The van der Waals surface area contributed by atoms with Crippen molar-refractivity contribution in [2.75, 3.05) is 36.8 Å². The average molecular weight is 337 g/mol. The number of oxazole rings is 1. The van der Waals surface area contributed by atoms with Gasteiger partial charge in [0.15, 0.2) is 5.58 Å². The van der Waals surface area contributed by atoms with Crippen LogP contribution in [0.1, 0.15) is 13.8 Å². The average Bonchev–Trinajstić information content (AvgIpc) is 3.06. The number of benzene rings is 1.